The van der Waals surface area contributed by atoms with E-state index in [0.717, 1.165) is 16.7 Å². The third-order valence-electron chi connectivity index (χ3n) is 6.64. The van der Waals surface area contributed by atoms with Crippen LogP contribution in [0, 0.1) is 0 Å². The van der Waals surface area contributed by atoms with Crippen LogP contribution in [0.5, 0.6) is 23.0 Å². The number of methoxy groups -OCH3 is 3. The van der Waals surface area contributed by atoms with Crippen LogP contribution in [0.15, 0.2) is 91.0 Å². The molecule has 0 aliphatic carbocycles. The Kier molecular flexibility index (Phi) is 10.2. The monoisotopic (exact) mass is 586 g/mol. The second kappa shape index (κ2) is 14.2. The Hall–Kier alpha value is -4.75. The van der Waals surface area contributed by atoms with E-state index in [1.165, 1.54) is 27.4 Å². The predicted octanol–water partition coefficient (Wildman–Crippen LogP) is 7.39. The van der Waals surface area contributed by atoms with Crippen molar-refractivity contribution in [3.05, 3.63) is 113 Å². The Morgan fingerprint density at radius 3 is 1.98 bits per heavy atom. The molecule has 42 heavy (non-hydrogen) atoms. The number of aliphatic carboxylic acids is 1. The highest BCUT2D eigenvalue weighted by Crippen LogP contribution is 2.38. The van der Waals surface area contributed by atoms with Gasteiger partial charge in [0.2, 0.25) is 5.75 Å². The van der Waals surface area contributed by atoms with Gasteiger partial charge in [0, 0.05) is 5.02 Å². The van der Waals surface area contributed by atoms with Crippen molar-refractivity contribution in [3.8, 4) is 34.1 Å². The van der Waals surface area contributed by atoms with Crippen molar-refractivity contribution < 1.29 is 33.6 Å². The van der Waals surface area contributed by atoms with E-state index >= 15 is 0 Å². The average Bonchev–Trinajstić information content (AvgIpc) is 3.02. The first-order chi connectivity index (χ1) is 20.3. The number of carbonyl (C=O) groups is 2. The molecule has 0 aliphatic heterocycles. The molecule has 216 valence electrons. The van der Waals surface area contributed by atoms with E-state index < -0.39 is 12.1 Å². The molecule has 0 heterocycles. The van der Waals surface area contributed by atoms with Crippen LogP contribution >= 0.6 is 11.6 Å². The smallest absolute Gasteiger partial charge is 0.344 e. The number of rotatable bonds is 13. The van der Waals surface area contributed by atoms with E-state index in [0.29, 0.717) is 34.3 Å². The van der Waals surface area contributed by atoms with Crippen molar-refractivity contribution in [2.45, 2.75) is 18.9 Å². The molecule has 4 aromatic rings. The minimum atomic E-state index is -1.14. The Labute approximate surface area is 249 Å². The van der Waals surface area contributed by atoms with Gasteiger partial charge in [-0.05, 0) is 77.6 Å². The number of hydrogen-bond donors (Lipinski definition) is 1. The van der Waals surface area contributed by atoms with Crippen LogP contribution in [0.2, 0.25) is 5.02 Å². The van der Waals surface area contributed by atoms with Gasteiger partial charge in [0.15, 0.2) is 23.4 Å². The Bertz CT molecular complexity index is 1540. The van der Waals surface area contributed by atoms with Gasteiger partial charge in [-0.2, -0.15) is 0 Å². The zero-order chi connectivity index (χ0) is 30.1. The number of halogens is 1. The van der Waals surface area contributed by atoms with E-state index in [1.807, 2.05) is 48.5 Å². The summed E-state index contributed by atoms with van der Waals surface area (Å²) in [6.07, 6.45) is 2.57. The fourth-order valence-electron chi connectivity index (χ4n) is 4.42. The van der Waals surface area contributed by atoms with Crippen molar-refractivity contribution in [2.24, 2.45) is 0 Å². The summed E-state index contributed by atoms with van der Waals surface area (Å²) < 4.78 is 22.0. The number of para-hydroxylation sites is 1. The van der Waals surface area contributed by atoms with Gasteiger partial charge in [-0.15, -0.1) is 0 Å². The molecular weight excluding hydrogens is 556 g/mol. The van der Waals surface area contributed by atoms with Crippen LogP contribution in [0.4, 0.5) is 0 Å². The maximum atomic E-state index is 13.2. The molecule has 0 fully saturated rings. The highest BCUT2D eigenvalue weighted by molar-refractivity contribution is 6.30. The Morgan fingerprint density at radius 1 is 0.810 bits per heavy atom. The van der Waals surface area contributed by atoms with Crippen LogP contribution in [0.3, 0.4) is 0 Å². The fourth-order valence-corrected chi connectivity index (χ4v) is 4.55. The number of ether oxygens (including phenoxy) is 4. The molecular formula is C34H31ClO7. The lowest BCUT2D eigenvalue weighted by atomic mass is 10.0. The van der Waals surface area contributed by atoms with Gasteiger partial charge in [0.05, 0.1) is 26.9 Å². The molecule has 4 rings (SSSR count). The van der Waals surface area contributed by atoms with Gasteiger partial charge < -0.3 is 24.1 Å². The molecule has 1 unspecified atom stereocenters. The number of allylic oxidation sites excluding steroid dienone is 1. The molecule has 0 amide bonds. The van der Waals surface area contributed by atoms with Gasteiger partial charge in [-0.3, -0.25) is 4.79 Å². The standard InChI is InChI=1S/C34H31ClO7/c1-39-31-20-23(21-32(40-2)33(31)41-3)10-18-28(36)27-6-4-5-7-29(27)42-30(34(37)38)19-11-22-8-12-24(13-9-22)25-14-16-26(35)17-15-25/h4-10,12-18,20-21,30H,11,19H2,1-3H3,(H,37,38)/b18-10+. The van der Waals surface area contributed by atoms with Gasteiger partial charge in [-0.1, -0.05) is 66.2 Å². The normalized spacial score (nSPS) is 11.6. The highest BCUT2D eigenvalue weighted by atomic mass is 35.5. The molecule has 0 aliphatic rings. The van der Waals surface area contributed by atoms with Crippen LogP contribution < -0.4 is 18.9 Å². The Balaban J connectivity index is 1.46. The second-order valence-electron chi connectivity index (χ2n) is 9.34. The number of ketones is 1. The lowest BCUT2D eigenvalue weighted by molar-refractivity contribution is -0.145. The van der Waals surface area contributed by atoms with Gasteiger partial charge in [0.1, 0.15) is 5.75 Å². The van der Waals surface area contributed by atoms with Crippen molar-refractivity contribution in [1.29, 1.82) is 0 Å². The summed E-state index contributed by atoms with van der Waals surface area (Å²) in [4.78, 5) is 25.2. The zero-order valence-electron chi connectivity index (χ0n) is 23.5. The number of carbonyl (C=O) groups excluding carboxylic acids is 1. The number of benzene rings is 4. The molecule has 1 N–H and O–H groups in total. The summed E-state index contributed by atoms with van der Waals surface area (Å²) in [5, 5.41) is 10.6. The maximum Gasteiger partial charge on any atom is 0.344 e. The summed E-state index contributed by atoms with van der Waals surface area (Å²) in [5.41, 5.74) is 3.95. The fraction of sp³-hybridized carbons (Fsp3) is 0.176. The van der Waals surface area contributed by atoms with E-state index in [-0.39, 0.29) is 23.5 Å². The molecule has 0 bridgehead atoms. The topological polar surface area (TPSA) is 91.3 Å². The molecule has 0 spiro atoms. The summed E-state index contributed by atoms with van der Waals surface area (Å²) in [5.74, 6) is 0.0967. The Morgan fingerprint density at radius 2 is 1.40 bits per heavy atom. The first-order valence-corrected chi connectivity index (χ1v) is 13.6. The quantitative estimate of drug-likeness (QED) is 0.129. The first-order valence-electron chi connectivity index (χ1n) is 13.2. The van der Waals surface area contributed by atoms with Gasteiger partial charge in [-0.25, -0.2) is 4.79 Å². The van der Waals surface area contributed by atoms with E-state index in [1.54, 1.807) is 42.5 Å². The predicted molar refractivity (Wildman–Crippen MR) is 163 cm³/mol. The molecule has 8 heteroatoms. The third kappa shape index (κ3) is 7.50. The highest BCUT2D eigenvalue weighted by Gasteiger charge is 2.22. The molecule has 7 nitrogen and oxygen atoms in total. The maximum absolute atomic E-state index is 13.2. The molecule has 4 aromatic carbocycles. The van der Waals surface area contributed by atoms with Crippen molar-refractivity contribution >= 4 is 29.4 Å². The third-order valence-corrected chi connectivity index (χ3v) is 6.89. The molecule has 1 atom stereocenters. The van der Waals surface area contributed by atoms with Crippen molar-refractivity contribution in [2.75, 3.05) is 21.3 Å². The first kappa shape index (κ1) is 30.2. The van der Waals surface area contributed by atoms with Gasteiger partial charge >= 0.3 is 5.97 Å². The van der Waals surface area contributed by atoms with Gasteiger partial charge in [0.25, 0.3) is 0 Å². The molecule has 0 saturated carbocycles. The largest absolute Gasteiger partial charge is 0.493 e. The lowest BCUT2D eigenvalue weighted by Gasteiger charge is -2.17. The molecule has 0 aromatic heterocycles. The van der Waals surface area contributed by atoms with Crippen LogP contribution in [-0.2, 0) is 11.2 Å². The summed E-state index contributed by atoms with van der Waals surface area (Å²) >= 11 is 5.98. The molecule has 0 radical (unpaired) electrons. The lowest BCUT2D eigenvalue weighted by Crippen LogP contribution is -2.28. The zero-order valence-corrected chi connectivity index (χ0v) is 24.3. The van der Waals surface area contributed by atoms with Crippen molar-refractivity contribution in [1.82, 2.24) is 0 Å². The average molecular weight is 587 g/mol. The van der Waals surface area contributed by atoms with Crippen LogP contribution in [0.25, 0.3) is 17.2 Å². The minimum absolute atomic E-state index is 0.197. The number of carboxylic acids is 1. The van der Waals surface area contributed by atoms with Crippen LogP contribution in [0.1, 0.15) is 27.9 Å². The number of carboxylic acid groups (broad SMARTS) is 1. The summed E-state index contributed by atoms with van der Waals surface area (Å²) in [6, 6.07) is 25.5. The summed E-state index contributed by atoms with van der Waals surface area (Å²) in [6.45, 7) is 0. The SMILES string of the molecule is COc1cc(/C=C/C(=O)c2ccccc2OC(CCc2ccc(-c3ccc(Cl)cc3)cc2)C(=O)O)cc(OC)c1OC. The second-order valence-corrected chi connectivity index (χ2v) is 9.78. The molecule has 0 saturated heterocycles. The number of hydrogen-bond acceptors (Lipinski definition) is 6. The summed E-state index contributed by atoms with van der Waals surface area (Å²) in [7, 11) is 4.54. The minimum Gasteiger partial charge on any atom is -0.493 e. The van der Waals surface area contributed by atoms with E-state index in [9.17, 15) is 14.7 Å². The van der Waals surface area contributed by atoms with E-state index in [2.05, 4.69) is 0 Å². The van der Waals surface area contributed by atoms with Crippen LogP contribution in [-0.4, -0.2) is 44.3 Å². The van der Waals surface area contributed by atoms with E-state index in [4.69, 9.17) is 30.5 Å². The van der Waals surface area contributed by atoms with Crippen molar-refractivity contribution in [3.63, 3.8) is 0 Å². The number of aryl methyl sites for hydroxylation is 1.